The largest absolute Gasteiger partial charge is 0.370 e. The molecule has 1 aliphatic heterocycles. The second kappa shape index (κ2) is 6.35. The lowest BCUT2D eigenvalue weighted by Gasteiger charge is -2.35. The molecule has 0 bridgehead atoms. The molecule has 2 N–H and O–H groups in total. The van der Waals surface area contributed by atoms with E-state index in [9.17, 15) is 4.79 Å². The number of nitrogens with two attached hydrogens (primary N) is 1. The van der Waals surface area contributed by atoms with Gasteiger partial charge in [0.1, 0.15) is 0 Å². The Bertz CT molecular complexity index is 492. The SMILES string of the molecule is N#Cc1cccc(CN2CCCC[C@@H]2CC(N)=O)c1. The minimum atomic E-state index is -0.234. The summed E-state index contributed by atoms with van der Waals surface area (Å²) in [6.45, 7) is 1.78. The number of amides is 1. The van der Waals surface area contributed by atoms with Crippen molar-refractivity contribution in [2.45, 2.75) is 38.3 Å². The lowest BCUT2D eigenvalue weighted by atomic mass is 9.98. The average Bonchev–Trinajstić information content (AvgIpc) is 2.41. The van der Waals surface area contributed by atoms with Gasteiger partial charge in [0, 0.05) is 19.0 Å². The van der Waals surface area contributed by atoms with Gasteiger partial charge in [-0.1, -0.05) is 18.6 Å². The first-order chi connectivity index (χ1) is 9.19. The fraction of sp³-hybridized carbons (Fsp3) is 0.467. The number of rotatable bonds is 4. The molecule has 2 rings (SSSR count). The molecule has 1 aliphatic rings. The van der Waals surface area contributed by atoms with Crippen molar-refractivity contribution in [3.63, 3.8) is 0 Å². The highest BCUT2D eigenvalue weighted by atomic mass is 16.1. The molecule has 0 aliphatic carbocycles. The molecule has 1 fully saturated rings. The Hall–Kier alpha value is -1.86. The monoisotopic (exact) mass is 257 g/mol. The van der Waals surface area contributed by atoms with Gasteiger partial charge in [0.15, 0.2) is 0 Å². The normalized spacial score (nSPS) is 19.8. The van der Waals surface area contributed by atoms with Crippen LogP contribution in [0.25, 0.3) is 0 Å². The molecule has 0 radical (unpaired) electrons. The maximum Gasteiger partial charge on any atom is 0.218 e. The van der Waals surface area contributed by atoms with Crippen LogP contribution in [-0.2, 0) is 11.3 Å². The zero-order valence-corrected chi connectivity index (χ0v) is 11.0. The number of nitriles is 1. The van der Waals surface area contributed by atoms with Gasteiger partial charge in [0.05, 0.1) is 11.6 Å². The van der Waals surface area contributed by atoms with Gasteiger partial charge < -0.3 is 5.73 Å². The van der Waals surface area contributed by atoms with Gasteiger partial charge in [-0.15, -0.1) is 0 Å². The fourth-order valence-electron chi connectivity index (χ4n) is 2.71. The molecule has 1 amide bonds. The zero-order valence-electron chi connectivity index (χ0n) is 11.0. The first kappa shape index (κ1) is 13.6. The summed E-state index contributed by atoms with van der Waals surface area (Å²) in [5.41, 5.74) is 7.12. The number of hydrogen-bond donors (Lipinski definition) is 1. The van der Waals surface area contributed by atoms with Crippen LogP contribution in [0.5, 0.6) is 0 Å². The van der Waals surface area contributed by atoms with E-state index in [0.717, 1.165) is 37.9 Å². The number of likely N-dealkylation sites (tertiary alicyclic amines) is 1. The number of carbonyl (C=O) groups is 1. The molecule has 0 saturated carbocycles. The molecule has 0 unspecified atom stereocenters. The lowest BCUT2D eigenvalue weighted by Crippen LogP contribution is -2.41. The van der Waals surface area contributed by atoms with Crippen LogP contribution in [0.4, 0.5) is 0 Å². The molecule has 1 heterocycles. The van der Waals surface area contributed by atoms with Crippen molar-refractivity contribution in [3.05, 3.63) is 35.4 Å². The van der Waals surface area contributed by atoms with Crippen LogP contribution in [-0.4, -0.2) is 23.4 Å². The van der Waals surface area contributed by atoms with Crippen LogP contribution in [0.3, 0.4) is 0 Å². The van der Waals surface area contributed by atoms with E-state index in [1.165, 1.54) is 0 Å². The van der Waals surface area contributed by atoms with Gasteiger partial charge in [-0.05, 0) is 37.1 Å². The highest BCUT2D eigenvalue weighted by Gasteiger charge is 2.23. The van der Waals surface area contributed by atoms with Gasteiger partial charge in [0.2, 0.25) is 5.91 Å². The summed E-state index contributed by atoms with van der Waals surface area (Å²) in [5.74, 6) is -0.234. The molecule has 1 aromatic rings. The topological polar surface area (TPSA) is 70.1 Å². The average molecular weight is 257 g/mol. The van der Waals surface area contributed by atoms with Gasteiger partial charge in [-0.2, -0.15) is 5.26 Å². The summed E-state index contributed by atoms with van der Waals surface area (Å²) >= 11 is 0. The third kappa shape index (κ3) is 3.80. The quantitative estimate of drug-likeness (QED) is 0.894. The molecule has 4 nitrogen and oxygen atoms in total. The number of hydrogen-bond acceptors (Lipinski definition) is 3. The highest BCUT2D eigenvalue weighted by Crippen LogP contribution is 2.22. The molecule has 100 valence electrons. The van der Waals surface area contributed by atoms with E-state index in [4.69, 9.17) is 11.0 Å². The van der Waals surface area contributed by atoms with E-state index in [1.807, 2.05) is 18.2 Å². The van der Waals surface area contributed by atoms with Crippen molar-refractivity contribution < 1.29 is 4.79 Å². The van der Waals surface area contributed by atoms with E-state index < -0.39 is 0 Å². The molecule has 1 saturated heterocycles. The summed E-state index contributed by atoms with van der Waals surface area (Å²) in [6.07, 6.45) is 3.78. The second-order valence-electron chi connectivity index (χ2n) is 5.10. The molecular formula is C15H19N3O. The first-order valence-electron chi connectivity index (χ1n) is 6.70. The number of benzene rings is 1. The first-order valence-corrected chi connectivity index (χ1v) is 6.70. The van der Waals surface area contributed by atoms with Crippen molar-refractivity contribution in [1.29, 1.82) is 5.26 Å². The number of nitrogens with zero attached hydrogens (tertiary/aromatic N) is 2. The molecule has 4 heteroatoms. The molecule has 19 heavy (non-hydrogen) atoms. The van der Waals surface area contributed by atoms with E-state index >= 15 is 0 Å². The van der Waals surface area contributed by atoms with Crippen LogP contribution in [0.2, 0.25) is 0 Å². The Balaban J connectivity index is 2.06. The summed E-state index contributed by atoms with van der Waals surface area (Å²) < 4.78 is 0. The summed E-state index contributed by atoms with van der Waals surface area (Å²) in [4.78, 5) is 13.4. The van der Waals surface area contributed by atoms with Gasteiger partial charge >= 0.3 is 0 Å². The molecular weight excluding hydrogens is 238 g/mol. The molecule has 1 atom stereocenters. The fourth-order valence-corrected chi connectivity index (χ4v) is 2.71. The molecule has 1 aromatic carbocycles. The van der Waals surface area contributed by atoms with E-state index in [2.05, 4.69) is 11.0 Å². The third-order valence-electron chi connectivity index (χ3n) is 3.63. The van der Waals surface area contributed by atoms with Crippen molar-refractivity contribution in [3.8, 4) is 6.07 Å². The molecule has 0 spiro atoms. The second-order valence-corrected chi connectivity index (χ2v) is 5.10. The van der Waals surface area contributed by atoms with Crippen LogP contribution in [0.15, 0.2) is 24.3 Å². The summed E-state index contributed by atoms with van der Waals surface area (Å²) in [7, 11) is 0. The van der Waals surface area contributed by atoms with Crippen LogP contribution >= 0.6 is 0 Å². The zero-order chi connectivity index (χ0) is 13.7. The van der Waals surface area contributed by atoms with E-state index in [1.54, 1.807) is 6.07 Å². The lowest BCUT2D eigenvalue weighted by molar-refractivity contribution is -0.119. The Morgan fingerprint density at radius 3 is 3.05 bits per heavy atom. The van der Waals surface area contributed by atoms with Gasteiger partial charge in [-0.25, -0.2) is 0 Å². The number of primary amides is 1. The number of piperidine rings is 1. The minimum Gasteiger partial charge on any atom is -0.370 e. The summed E-state index contributed by atoms with van der Waals surface area (Å²) in [6, 6.07) is 10.0. The predicted octanol–water partition coefficient (Wildman–Crippen LogP) is 1.79. The minimum absolute atomic E-state index is 0.234. The van der Waals surface area contributed by atoms with Crippen molar-refractivity contribution in [1.82, 2.24) is 4.90 Å². The van der Waals surface area contributed by atoms with Crippen LogP contribution in [0.1, 0.15) is 36.8 Å². The Morgan fingerprint density at radius 2 is 2.32 bits per heavy atom. The van der Waals surface area contributed by atoms with Crippen LogP contribution in [0, 0.1) is 11.3 Å². The summed E-state index contributed by atoms with van der Waals surface area (Å²) in [5, 5.41) is 8.91. The number of carbonyl (C=O) groups excluding carboxylic acids is 1. The van der Waals surface area contributed by atoms with Gasteiger partial charge in [0.25, 0.3) is 0 Å². The van der Waals surface area contributed by atoms with Crippen molar-refractivity contribution in [2.24, 2.45) is 5.73 Å². The Labute approximate surface area is 113 Å². The van der Waals surface area contributed by atoms with Gasteiger partial charge in [-0.3, -0.25) is 9.69 Å². The maximum atomic E-state index is 11.1. The van der Waals surface area contributed by atoms with Crippen molar-refractivity contribution >= 4 is 5.91 Å². The third-order valence-corrected chi connectivity index (χ3v) is 3.63. The van der Waals surface area contributed by atoms with E-state index in [-0.39, 0.29) is 11.9 Å². The van der Waals surface area contributed by atoms with E-state index in [0.29, 0.717) is 12.0 Å². The maximum absolute atomic E-state index is 11.1. The Kier molecular flexibility index (Phi) is 4.53. The molecule has 0 aromatic heterocycles. The Morgan fingerprint density at radius 1 is 1.47 bits per heavy atom. The van der Waals surface area contributed by atoms with Crippen LogP contribution < -0.4 is 5.73 Å². The van der Waals surface area contributed by atoms with Crippen molar-refractivity contribution in [2.75, 3.05) is 6.54 Å². The standard InChI is InChI=1S/C15H19N3O/c16-10-12-4-3-5-13(8-12)11-18-7-2-1-6-14(18)9-15(17)19/h3-5,8,14H,1-2,6-7,9,11H2,(H2,17,19)/t14-/m1/s1. The highest BCUT2D eigenvalue weighted by molar-refractivity contribution is 5.74. The predicted molar refractivity (Wildman–Crippen MR) is 73.0 cm³/mol. The smallest absolute Gasteiger partial charge is 0.218 e.